The molecule has 2 aromatic heterocycles. The lowest BCUT2D eigenvalue weighted by Gasteiger charge is -2.24. The number of alkyl halides is 3. The number of aliphatic imine (C=N–C) groups is 1. The Morgan fingerprint density at radius 3 is 2.86 bits per heavy atom. The number of aromatic amines is 1. The smallest absolute Gasteiger partial charge is 0.358 e. The molecular formula is C17H17ClF4N6O. The van der Waals surface area contributed by atoms with Crippen LogP contribution in [0.5, 0.6) is 0 Å². The first kappa shape index (κ1) is 20.9. The molecule has 4 N–H and O–H groups in total. The van der Waals surface area contributed by atoms with E-state index in [1.54, 1.807) is 24.5 Å². The van der Waals surface area contributed by atoms with Gasteiger partial charge < -0.3 is 20.9 Å². The number of hydrogen-bond donors (Lipinski definition) is 4. The molecule has 156 valence electrons. The summed E-state index contributed by atoms with van der Waals surface area (Å²) in [5.41, 5.74) is 1.13. The normalized spacial score (nSPS) is 15.7. The van der Waals surface area contributed by atoms with Crippen molar-refractivity contribution >= 4 is 34.4 Å². The molecule has 0 aromatic carbocycles. The van der Waals surface area contributed by atoms with Crippen molar-refractivity contribution in [3.05, 3.63) is 40.7 Å². The summed E-state index contributed by atoms with van der Waals surface area (Å²) in [5, 5.41) is 8.23. The maximum absolute atomic E-state index is 14.3. The number of aromatic nitrogens is 2. The van der Waals surface area contributed by atoms with Crippen molar-refractivity contribution in [1.29, 1.82) is 0 Å². The van der Waals surface area contributed by atoms with Gasteiger partial charge in [-0.05, 0) is 12.5 Å². The lowest BCUT2D eigenvalue weighted by Crippen LogP contribution is -2.49. The molecule has 0 fully saturated rings. The average Bonchev–Trinajstić information content (AvgIpc) is 3.08. The number of rotatable bonds is 6. The molecule has 0 bridgehead atoms. The van der Waals surface area contributed by atoms with E-state index in [1.165, 1.54) is 6.20 Å². The van der Waals surface area contributed by atoms with Crippen LogP contribution in [-0.4, -0.2) is 47.0 Å². The summed E-state index contributed by atoms with van der Waals surface area (Å²) in [5.74, 6) is -1.39. The zero-order valence-electron chi connectivity index (χ0n) is 15.1. The molecule has 0 saturated heterocycles. The van der Waals surface area contributed by atoms with Crippen LogP contribution in [0, 0.1) is 0 Å². The molecule has 0 unspecified atom stereocenters. The largest absolute Gasteiger partial charge is 0.405 e. The van der Waals surface area contributed by atoms with E-state index in [-0.39, 0.29) is 18.8 Å². The van der Waals surface area contributed by atoms with Crippen molar-refractivity contribution in [2.24, 2.45) is 4.99 Å². The number of amides is 1. The number of nitrogens with zero attached hydrogens (tertiary/aromatic N) is 2. The van der Waals surface area contributed by atoms with Crippen LogP contribution >= 0.6 is 11.6 Å². The fraction of sp³-hybridized carbons (Fsp3) is 0.353. The average molecular weight is 433 g/mol. The molecule has 3 rings (SSSR count). The van der Waals surface area contributed by atoms with Crippen LogP contribution < -0.4 is 16.0 Å². The third-order valence-electron chi connectivity index (χ3n) is 4.15. The quantitative estimate of drug-likeness (QED) is 0.528. The Labute approximate surface area is 167 Å². The summed E-state index contributed by atoms with van der Waals surface area (Å²) in [6, 6.07) is 0.602. The Hall–Kier alpha value is -2.82. The van der Waals surface area contributed by atoms with Crippen molar-refractivity contribution in [3.8, 4) is 0 Å². The number of carbonyl (C=O) groups excluding carboxylic acids is 1. The number of fused-ring (bicyclic) bond motifs is 1. The van der Waals surface area contributed by atoms with Gasteiger partial charge in [-0.2, -0.15) is 13.2 Å². The van der Waals surface area contributed by atoms with Gasteiger partial charge in [0.05, 0.1) is 11.6 Å². The Balaban J connectivity index is 1.75. The zero-order valence-corrected chi connectivity index (χ0v) is 15.9. The maximum Gasteiger partial charge on any atom is 0.405 e. The third-order valence-corrected chi connectivity index (χ3v) is 4.36. The first-order valence-corrected chi connectivity index (χ1v) is 9.00. The van der Waals surface area contributed by atoms with E-state index in [1.807, 2.05) is 0 Å². The van der Waals surface area contributed by atoms with Crippen molar-refractivity contribution in [1.82, 2.24) is 25.9 Å². The van der Waals surface area contributed by atoms with E-state index >= 15 is 0 Å². The highest BCUT2D eigenvalue weighted by atomic mass is 35.5. The topological polar surface area (TPSA) is 94.2 Å². The SMILES string of the molecule is CC[C@@H](NC1=C(F)CN=C(c2c[nH]c3ncc(Cl)cc23)N1)C(=O)NCC(F)(F)F. The minimum atomic E-state index is -4.54. The van der Waals surface area contributed by atoms with E-state index in [0.29, 0.717) is 27.5 Å². The molecule has 1 atom stereocenters. The number of nitrogens with one attached hydrogen (secondary N) is 4. The first-order chi connectivity index (χ1) is 13.7. The van der Waals surface area contributed by atoms with Crippen LogP contribution in [0.4, 0.5) is 17.6 Å². The predicted molar refractivity (Wildman–Crippen MR) is 100 cm³/mol. The Morgan fingerprint density at radius 2 is 2.17 bits per heavy atom. The summed E-state index contributed by atoms with van der Waals surface area (Å²) in [7, 11) is 0. The highest BCUT2D eigenvalue weighted by molar-refractivity contribution is 6.31. The van der Waals surface area contributed by atoms with E-state index in [2.05, 4.69) is 25.6 Å². The Morgan fingerprint density at radius 1 is 1.41 bits per heavy atom. The highest BCUT2D eigenvalue weighted by Gasteiger charge is 2.30. The maximum atomic E-state index is 14.3. The van der Waals surface area contributed by atoms with Gasteiger partial charge in [0.25, 0.3) is 0 Å². The van der Waals surface area contributed by atoms with Gasteiger partial charge in [0.15, 0.2) is 5.83 Å². The van der Waals surface area contributed by atoms with E-state index in [4.69, 9.17) is 11.6 Å². The lowest BCUT2D eigenvalue weighted by atomic mass is 10.1. The second-order valence-electron chi connectivity index (χ2n) is 6.26. The van der Waals surface area contributed by atoms with Crippen LogP contribution in [0.15, 0.2) is 35.1 Å². The molecule has 0 saturated carbocycles. The minimum Gasteiger partial charge on any atom is -0.358 e. The zero-order chi connectivity index (χ0) is 21.2. The molecule has 0 spiro atoms. The minimum absolute atomic E-state index is 0.131. The van der Waals surface area contributed by atoms with Crippen molar-refractivity contribution in [2.45, 2.75) is 25.6 Å². The van der Waals surface area contributed by atoms with Crippen LogP contribution in [0.2, 0.25) is 5.02 Å². The second kappa shape index (κ2) is 8.27. The van der Waals surface area contributed by atoms with Crippen LogP contribution in [0.25, 0.3) is 11.0 Å². The molecule has 29 heavy (non-hydrogen) atoms. The Bertz CT molecular complexity index is 984. The number of carbonyl (C=O) groups is 1. The molecular weight excluding hydrogens is 416 g/mol. The molecule has 7 nitrogen and oxygen atoms in total. The standard InChI is InChI=1S/C17H17ClF4N6O/c1-2-12(16(29)26-7-17(20,21)22)27-15-11(19)6-25-14(28-15)10-5-24-13-9(10)3-8(18)4-23-13/h3-5,12,27H,2,6-7H2,1H3,(H,23,24)(H,25,28)(H,26,29)/t12-/m1/s1. The van der Waals surface area contributed by atoms with Gasteiger partial charge >= 0.3 is 6.18 Å². The van der Waals surface area contributed by atoms with Crippen molar-refractivity contribution in [3.63, 3.8) is 0 Å². The molecule has 12 heteroatoms. The summed E-state index contributed by atoms with van der Waals surface area (Å²) in [4.78, 5) is 23.2. The molecule has 2 aromatic rings. The van der Waals surface area contributed by atoms with Gasteiger partial charge in [-0.3, -0.25) is 9.79 Å². The van der Waals surface area contributed by atoms with E-state index < -0.39 is 30.5 Å². The van der Waals surface area contributed by atoms with E-state index in [9.17, 15) is 22.4 Å². The molecule has 1 aliphatic rings. The van der Waals surface area contributed by atoms with Crippen molar-refractivity contribution in [2.75, 3.05) is 13.1 Å². The molecule has 0 radical (unpaired) electrons. The Kier molecular flexibility index (Phi) is 5.96. The summed E-state index contributed by atoms with van der Waals surface area (Å²) in [6.45, 7) is -0.171. The second-order valence-corrected chi connectivity index (χ2v) is 6.70. The summed E-state index contributed by atoms with van der Waals surface area (Å²) >= 11 is 5.98. The fourth-order valence-electron chi connectivity index (χ4n) is 2.73. The monoisotopic (exact) mass is 432 g/mol. The van der Waals surface area contributed by atoms with Gasteiger partial charge in [0.2, 0.25) is 5.91 Å². The number of hydrogen-bond acceptors (Lipinski definition) is 5. The molecule has 3 heterocycles. The van der Waals surface area contributed by atoms with Gasteiger partial charge in [-0.1, -0.05) is 18.5 Å². The van der Waals surface area contributed by atoms with Crippen LogP contribution in [-0.2, 0) is 4.79 Å². The van der Waals surface area contributed by atoms with Gasteiger partial charge in [0.1, 0.15) is 29.9 Å². The summed E-state index contributed by atoms with van der Waals surface area (Å²) in [6.07, 6.45) is -1.31. The third kappa shape index (κ3) is 4.97. The number of pyridine rings is 1. The van der Waals surface area contributed by atoms with Crippen LogP contribution in [0.3, 0.4) is 0 Å². The molecule has 1 aliphatic heterocycles. The van der Waals surface area contributed by atoms with Gasteiger partial charge in [0, 0.05) is 23.3 Å². The van der Waals surface area contributed by atoms with Crippen LogP contribution in [0.1, 0.15) is 18.9 Å². The van der Waals surface area contributed by atoms with Gasteiger partial charge in [-0.15, -0.1) is 0 Å². The van der Waals surface area contributed by atoms with Crippen molar-refractivity contribution < 1.29 is 22.4 Å². The number of H-pyrrole nitrogens is 1. The molecule has 0 aliphatic carbocycles. The number of halogens is 5. The fourth-order valence-corrected chi connectivity index (χ4v) is 2.89. The highest BCUT2D eigenvalue weighted by Crippen LogP contribution is 2.22. The lowest BCUT2D eigenvalue weighted by molar-refractivity contribution is -0.139. The first-order valence-electron chi connectivity index (χ1n) is 8.62. The molecule has 1 amide bonds. The van der Waals surface area contributed by atoms with E-state index in [0.717, 1.165) is 0 Å². The van der Waals surface area contributed by atoms with Gasteiger partial charge in [-0.25, -0.2) is 9.37 Å². The predicted octanol–water partition coefficient (Wildman–Crippen LogP) is 2.75. The summed E-state index contributed by atoms with van der Waals surface area (Å²) < 4.78 is 51.2. The number of amidine groups is 1.